The molecule has 90 valence electrons. The summed E-state index contributed by atoms with van der Waals surface area (Å²) in [5, 5.41) is 4.29. The molecule has 1 fully saturated rings. The fourth-order valence-electron chi connectivity index (χ4n) is 2.78. The highest BCUT2D eigenvalue weighted by Crippen LogP contribution is 2.35. The third-order valence-electron chi connectivity index (χ3n) is 3.71. The molecule has 0 saturated heterocycles. The summed E-state index contributed by atoms with van der Waals surface area (Å²) in [7, 11) is 1.69. The van der Waals surface area contributed by atoms with Crippen LogP contribution in [0.4, 0.5) is 0 Å². The van der Waals surface area contributed by atoms with Gasteiger partial charge in [-0.15, -0.1) is 0 Å². The number of hydrogen-bond donors (Lipinski definition) is 0. The van der Waals surface area contributed by atoms with E-state index < -0.39 is 0 Å². The molecule has 1 aliphatic carbocycles. The van der Waals surface area contributed by atoms with Gasteiger partial charge in [-0.2, -0.15) is 0 Å². The van der Waals surface area contributed by atoms with Crippen molar-refractivity contribution >= 4 is 5.71 Å². The van der Waals surface area contributed by atoms with E-state index in [9.17, 15) is 0 Å². The molecule has 0 N–H and O–H groups in total. The fourth-order valence-corrected chi connectivity index (χ4v) is 2.78. The predicted molar refractivity (Wildman–Crippen MR) is 66.4 cm³/mol. The van der Waals surface area contributed by atoms with Crippen molar-refractivity contribution in [3.63, 3.8) is 0 Å². The van der Waals surface area contributed by atoms with Crippen LogP contribution in [0.25, 0.3) is 0 Å². The van der Waals surface area contributed by atoms with Gasteiger partial charge < -0.3 is 9.57 Å². The number of fused-ring (bicyclic) bond motifs is 1. The Morgan fingerprint density at radius 3 is 3.06 bits per heavy atom. The highest BCUT2D eigenvalue weighted by Gasteiger charge is 2.36. The van der Waals surface area contributed by atoms with Crippen LogP contribution in [0.3, 0.4) is 0 Å². The first-order valence-corrected chi connectivity index (χ1v) is 6.26. The Morgan fingerprint density at radius 1 is 1.29 bits per heavy atom. The molecule has 0 bridgehead atoms. The van der Waals surface area contributed by atoms with E-state index >= 15 is 0 Å². The second-order valence-corrected chi connectivity index (χ2v) is 4.74. The van der Waals surface area contributed by atoms with Gasteiger partial charge in [0.15, 0.2) is 0 Å². The lowest BCUT2D eigenvalue weighted by molar-refractivity contribution is 0.0397. The maximum Gasteiger partial charge on any atom is 0.136 e. The number of benzene rings is 1. The average molecular weight is 231 g/mol. The molecule has 0 spiro atoms. The zero-order valence-corrected chi connectivity index (χ0v) is 10.1. The Balaban J connectivity index is 1.88. The van der Waals surface area contributed by atoms with Crippen LogP contribution in [0.5, 0.6) is 5.75 Å². The summed E-state index contributed by atoms with van der Waals surface area (Å²) in [4.78, 5) is 5.54. The smallest absolute Gasteiger partial charge is 0.136 e. The van der Waals surface area contributed by atoms with Crippen molar-refractivity contribution in [2.24, 2.45) is 11.1 Å². The van der Waals surface area contributed by atoms with Crippen LogP contribution < -0.4 is 4.74 Å². The first-order valence-electron chi connectivity index (χ1n) is 6.26. The Morgan fingerprint density at radius 2 is 2.18 bits per heavy atom. The normalized spacial score (nSPS) is 27.0. The zero-order chi connectivity index (χ0) is 11.7. The van der Waals surface area contributed by atoms with Crippen molar-refractivity contribution < 1.29 is 9.57 Å². The molecule has 1 aliphatic heterocycles. The molecule has 1 aromatic carbocycles. The number of hydrogen-bond acceptors (Lipinski definition) is 3. The third kappa shape index (κ3) is 1.90. The van der Waals surface area contributed by atoms with Gasteiger partial charge in [0.25, 0.3) is 0 Å². The van der Waals surface area contributed by atoms with Crippen LogP contribution in [0.1, 0.15) is 31.2 Å². The largest absolute Gasteiger partial charge is 0.497 e. The molecule has 0 unspecified atom stereocenters. The van der Waals surface area contributed by atoms with Crippen molar-refractivity contribution in [3.8, 4) is 5.75 Å². The van der Waals surface area contributed by atoms with Gasteiger partial charge in [0.1, 0.15) is 11.9 Å². The summed E-state index contributed by atoms with van der Waals surface area (Å²) < 4.78 is 5.25. The summed E-state index contributed by atoms with van der Waals surface area (Å²) in [6.45, 7) is 0. The van der Waals surface area contributed by atoms with Gasteiger partial charge in [-0.3, -0.25) is 0 Å². The van der Waals surface area contributed by atoms with E-state index in [1.165, 1.54) is 19.3 Å². The highest BCUT2D eigenvalue weighted by atomic mass is 16.6. The molecule has 0 aromatic heterocycles. The van der Waals surface area contributed by atoms with Crippen molar-refractivity contribution in [1.82, 2.24) is 0 Å². The quantitative estimate of drug-likeness (QED) is 0.783. The molecule has 3 rings (SSSR count). The van der Waals surface area contributed by atoms with Crippen molar-refractivity contribution in [1.29, 1.82) is 0 Å². The second-order valence-electron chi connectivity index (χ2n) is 4.74. The van der Waals surface area contributed by atoms with E-state index in [2.05, 4.69) is 11.2 Å². The molecule has 1 heterocycles. The van der Waals surface area contributed by atoms with Crippen LogP contribution in [0.2, 0.25) is 0 Å². The van der Waals surface area contributed by atoms with Gasteiger partial charge in [-0.05, 0) is 31.4 Å². The van der Waals surface area contributed by atoms with Crippen molar-refractivity contribution in [2.45, 2.75) is 31.8 Å². The zero-order valence-electron chi connectivity index (χ0n) is 10.1. The minimum Gasteiger partial charge on any atom is -0.497 e. The minimum atomic E-state index is 0.310. The minimum absolute atomic E-state index is 0.310. The van der Waals surface area contributed by atoms with Gasteiger partial charge in [0, 0.05) is 11.5 Å². The lowest BCUT2D eigenvalue weighted by Gasteiger charge is -2.23. The number of nitrogens with zero attached hydrogens (tertiary/aromatic N) is 1. The average Bonchev–Trinajstić information content (AvgIpc) is 2.82. The van der Waals surface area contributed by atoms with Crippen LogP contribution in [0, 0.1) is 5.92 Å². The van der Waals surface area contributed by atoms with E-state index in [1.807, 2.05) is 18.2 Å². The molecule has 0 radical (unpaired) electrons. The lowest BCUT2D eigenvalue weighted by Crippen LogP contribution is -2.27. The first-order chi connectivity index (χ1) is 8.38. The molecule has 2 aliphatic rings. The SMILES string of the molecule is COc1cccc(C2=NO[C@@H]3CCCC[C@H]23)c1. The number of rotatable bonds is 2. The van der Waals surface area contributed by atoms with Gasteiger partial charge in [0.05, 0.1) is 12.8 Å². The molecule has 2 atom stereocenters. The molecule has 1 saturated carbocycles. The summed E-state index contributed by atoms with van der Waals surface area (Å²) in [6, 6.07) is 8.09. The lowest BCUT2D eigenvalue weighted by atomic mass is 9.82. The van der Waals surface area contributed by atoms with Crippen molar-refractivity contribution in [3.05, 3.63) is 29.8 Å². The Labute approximate surface area is 101 Å². The van der Waals surface area contributed by atoms with E-state index in [1.54, 1.807) is 7.11 Å². The summed E-state index contributed by atoms with van der Waals surface area (Å²) >= 11 is 0. The van der Waals surface area contributed by atoms with Crippen molar-refractivity contribution in [2.75, 3.05) is 7.11 Å². The van der Waals surface area contributed by atoms with Crippen LogP contribution in [-0.2, 0) is 4.84 Å². The molecule has 17 heavy (non-hydrogen) atoms. The van der Waals surface area contributed by atoms with Gasteiger partial charge in [-0.25, -0.2) is 0 Å². The number of oxime groups is 1. The second kappa shape index (κ2) is 4.40. The number of ether oxygens (including phenoxy) is 1. The van der Waals surface area contributed by atoms with Gasteiger partial charge in [0.2, 0.25) is 0 Å². The molecule has 3 nitrogen and oxygen atoms in total. The standard InChI is InChI=1S/C14H17NO2/c1-16-11-6-4-5-10(9-11)14-12-7-2-3-8-13(12)17-15-14/h4-6,9,12-13H,2-3,7-8H2,1H3/t12-,13+/m0/s1. The Bertz CT molecular complexity index is 442. The number of methoxy groups -OCH3 is 1. The maximum atomic E-state index is 5.54. The van der Waals surface area contributed by atoms with Gasteiger partial charge >= 0.3 is 0 Å². The molecule has 3 heteroatoms. The fraction of sp³-hybridized carbons (Fsp3) is 0.500. The van der Waals surface area contributed by atoms with Gasteiger partial charge in [-0.1, -0.05) is 23.7 Å². The topological polar surface area (TPSA) is 30.8 Å². The van der Waals surface area contributed by atoms with Crippen LogP contribution >= 0.6 is 0 Å². The summed E-state index contributed by atoms with van der Waals surface area (Å²) in [5.41, 5.74) is 2.24. The van der Waals surface area contributed by atoms with E-state index in [-0.39, 0.29) is 0 Å². The Hall–Kier alpha value is -1.51. The van der Waals surface area contributed by atoms with E-state index in [0.717, 1.165) is 23.4 Å². The summed E-state index contributed by atoms with van der Waals surface area (Å²) in [5.74, 6) is 1.36. The van der Waals surface area contributed by atoms with E-state index in [0.29, 0.717) is 12.0 Å². The molecular weight excluding hydrogens is 214 g/mol. The molecule has 0 amide bonds. The summed E-state index contributed by atoms with van der Waals surface area (Å²) in [6.07, 6.45) is 5.20. The maximum absolute atomic E-state index is 5.54. The molecular formula is C14H17NO2. The first kappa shape index (κ1) is 10.6. The van der Waals surface area contributed by atoms with Crippen LogP contribution in [0.15, 0.2) is 29.4 Å². The third-order valence-corrected chi connectivity index (χ3v) is 3.71. The predicted octanol–water partition coefficient (Wildman–Crippen LogP) is 2.99. The van der Waals surface area contributed by atoms with E-state index in [4.69, 9.17) is 9.57 Å². The Kier molecular flexibility index (Phi) is 2.75. The van der Waals surface area contributed by atoms with Crippen LogP contribution in [-0.4, -0.2) is 18.9 Å². The highest BCUT2D eigenvalue weighted by molar-refractivity contribution is 6.03. The monoisotopic (exact) mass is 231 g/mol. The molecule has 1 aromatic rings.